The topological polar surface area (TPSA) is 60.8 Å². The van der Waals surface area contributed by atoms with Gasteiger partial charge < -0.3 is 15.1 Å². The standard InChI is InChI=1S/C12H15NO3S/c1-8-7-13(5-6-17-8)12(16)9-3-2-4-10(14)11(9)15/h2-4,8,14-15H,5-7H2,1H3. The van der Waals surface area contributed by atoms with Crippen molar-refractivity contribution in [1.82, 2.24) is 4.90 Å². The van der Waals surface area contributed by atoms with E-state index in [4.69, 9.17) is 0 Å². The first-order valence-electron chi connectivity index (χ1n) is 5.51. The molecule has 1 aromatic rings. The van der Waals surface area contributed by atoms with Gasteiger partial charge in [-0.1, -0.05) is 13.0 Å². The van der Waals surface area contributed by atoms with Crippen LogP contribution in [0.25, 0.3) is 0 Å². The third kappa shape index (κ3) is 2.49. The second kappa shape index (κ2) is 4.87. The molecule has 0 aromatic heterocycles. The molecule has 1 aliphatic heterocycles. The molecule has 1 unspecified atom stereocenters. The number of amides is 1. The SMILES string of the molecule is CC1CN(C(=O)c2cccc(O)c2O)CCS1. The van der Waals surface area contributed by atoms with Crippen molar-refractivity contribution in [2.45, 2.75) is 12.2 Å². The Labute approximate surface area is 104 Å². The van der Waals surface area contributed by atoms with E-state index in [2.05, 4.69) is 6.92 Å². The highest BCUT2D eigenvalue weighted by molar-refractivity contribution is 7.99. The molecule has 0 bridgehead atoms. The first-order valence-corrected chi connectivity index (χ1v) is 6.56. The first-order chi connectivity index (χ1) is 8.09. The van der Waals surface area contributed by atoms with Crippen molar-refractivity contribution in [1.29, 1.82) is 0 Å². The largest absolute Gasteiger partial charge is 0.504 e. The molecule has 2 N–H and O–H groups in total. The number of phenolic OH excluding ortho intramolecular Hbond substituents is 2. The van der Waals surface area contributed by atoms with Gasteiger partial charge in [0, 0.05) is 24.1 Å². The quantitative estimate of drug-likeness (QED) is 0.747. The molecule has 2 rings (SSSR count). The highest BCUT2D eigenvalue weighted by Gasteiger charge is 2.24. The van der Waals surface area contributed by atoms with Gasteiger partial charge in [-0.05, 0) is 12.1 Å². The molecule has 92 valence electrons. The van der Waals surface area contributed by atoms with Crippen molar-refractivity contribution in [2.24, 2.45) is 0 Å². The van der Waals surface area contributed by atoms with Gasteiger partial charge in [-0.3, -0.25) is 4.79 Å². The summed E-state index contributed by atoms with van der Waals surface area (Å²) in [6, 6.07) is 4.45. The summed E-state index contributed by atoms with van der Waals surface area (Å²) < 4.78 is 0. The number of rotatable bonds is 1. The minimum Gasteiger partial charge on any atom is -0.504 e. The Morgan fingerprint density at radius 3 is 2.94 bits per heavy atom. The van der Waals surface area contributed by atoms with Gasteiger partial charge in [0.1, 0.15) is 0 Å². The highest BCUT2D eigenvalue weighted by atomic mass is 32.2. The van der Waals surface area contributed by atoms with E-state index in [1.54, 1.807) is 11.0 Å². The molecule has 0 spiro atoms. The van der Waals surface area contributed by atoms with E-state index in [0.717, 1.165) is 5.75 Å². The van der Waals surface area contributed by atoms with E-state index in [1.165, 1.54) is 12.1 Å². The summed E-state index contributed by atoms with van der Waals surface area (Å²) in [4.78, 5) is 13.9. The summed E-state index contributed by atoms with van der Waals surface area (Å²) in [5.41, 5.74) is 0.170. The van der Waals surface area contributed by atoms with E-state index >= 15 is 0 Å². The van der Waals surface area contributed by atoms with Crippen LogP contribution in [0.3, 0.4) is 0 Å². The lowest BCUT2D eigenvalue weighted by Crippen LogP contribution is -2.41. The molecule has 1 saturated heterocycles. The van der Waals surface area contributed by atoms with Crippen LogP contribution >= 0.6 is 11.8 Å². The summed E-state index contributed by atoms with van der Waals surface area (Å²) in [5, 5.41) is 19.4. The van der Waals surface area contributed by atoms with Crippen LogP contribution in [0, 0.1) is 0 Å². The molecule has 0 saturated carbocycles. The maximum atomic E-state index is 12.2. The number of carbonyl (C=O) groups excluding carboxylic acids is 1. The fraction of sp³-hybridized carbons (Fsp3) is 0.417. The molecule has 1 heterocycles. The monoisotopic (exact) mass is 253 g/mol. The van der Waals surface area contributed by atoms with Gasteiger partial charge in [-0.2, -0.15) is 11.8 Å². The third-order valence-electron chi connectivity index (χ3n) is 2.77. The van der Waals surface area contributed by atoms with Gasteiger partial charge >= 0.3 is 0 Å². The van der Waals surface area contributed by atoms with Crippen molar-refractivity contribution in [3.63, 3.8) is 0 Å². The predicted octanol–water partition coefficient (Wildman–Crippen LogP) is 1.68. The van der Waals surface area contributed by atoms with Crippen LogP contribution in [0.15, 0.2) is 18.2 Å². The normalized spacial score (nSPS) is 20.3. The predicted molar refractivity (Wildman–Crippen MR) is 67.6 cm³/mol. The Kier molecular flexibility index (Phi) is 3.47. The Bertz CT molecular complexity index is 436. The van der Waals surface area contributed by atoms with E-state index in [9.17, 15) is 15.0 Å². The molecule has 1 fully saturated rings. The minimum absolute atomic E-state index is 0.170. The number of aromatic hydroxyl groups is 2. The third-order valence-corrected chi connectivity index (χ3v) is 3.91. The molecular weight excluding hydrogens is 238 g/mol. The van der Waals surface area contributed by atoms with Crippen LogP contribution < -0.4 is 0 Å². The summed E-state index contributed by atoms with van der Waals surface area (Å²) >= 11 is 1.84. The molecule has 17 heavy (non-hydrogen) atoms. The van der Waals surface area contributed by atoms with Crippen LogP contribution in [0.5, 0.6) is 11.5 Å². The summed E-state index contributed by atoms with van der Waals surface area (Å²) in [5.74, 6) is 0.108. The fourth-order valence-corrected chi connectivity index (χ4v) is 2.89. The van der Waals surface area contributed by atoms with Gasteiger partial charge in [0.2, 0.25) is 0 Å². The number of para-hydroxylation sites is 1. The maximum absolute atomic E-state index is 12.2. The lowest BCUT2D eigenvalue weighted by atomic mass is 10.1. The summed E-state index contributed by atoms with van der Waals surface area (Å²) in [6.07, 6.45) is 0. The molecule has 1 atom stereocenters. The Hall–Kier alpha value is -1.36. The zero-order chi connectivity index (χ0) is 12.4. The highest BCUT2D eigenvalue weighted by Crippen LogP contribution is 2.30. The molecular formula is C12H15NO3S. The molecule has 0 aliphatic carbocycles. The van der Waals surface area contributed by atoms with Crippen LogP contribution in [-0.4, -0.2) is 45.1 Å². The Morgan fingerprint density at radius 1 is 1.47 bits per heavy atom. The molecule has 1 aromatic carbocycles. The van der Waals surface area contributed by atoms with E-state index in [-0.39, 0.29) is 23.0 Å². The lowest BCUT2D eigenvalue weighted by Gasteiger charge is -2.30. The number of carbonyl (C=O) groups is 1. The number of nitrogens with zero attached hydrogens (tertiary/aromatic N) is 1. The maximum Gasteiger partial charge on any atom is 0.257 e. The average molecular weight is 253 g/mol. The van der Waals surface area contributed by atoms with Crippen molar-refractivity contribution < 1.29 is 15.0 Å². The zero-order valence-corrected chi connectivity index (χ0v) is 10.4. The molecule has 1 aliphatic rings. The summed E-state index contributed by atoms with van der Waals surface area (Å²) in [7, 11) is 0. The fourth-order valence-electron chi connectivity index (χ4n) is 1.88. The van der Waals surface area contributed by atoms with Crippen molar-refractivity contribution in [3.05, 3.63) is 23.8 Å². The number of hydrogen-bond acceptors (Lipinski definition) is 4. The lowest BCUT2D eigenvalue weighted by molar-refractivity contribution is 0.0759. The number of phenols is 2. The van der Waals surface area contributed by atoms with Gasteiger partial charge in [0.25, 0.3) is 5.91 Å². The second-order valence-electron chi connectivity index (χ2n) is 4.11. The molecule has 5 heteroatoms. The van der Waals surface area contributed by atoms with Gasteiger partial charge in [-0.25, -0.2) is 0 Å². The minimum atomic E-state index is -0.330. The van der Waals surface area contributed by atoms with Crippen molar-refractivity contribution in [2.75, 3.05) is 18.8 Å². The van der Waals surface area contributed by atoms with Crippen LogP contribution in [0.2, 0.25) is 0 Å². The average Bonchev–Trinajstić information content (AvgIpc) is 2.32. The van der Waals surface area contributed by atoms with Gasteiger partial charge in [-0.15, -0.1) is 0 Å². The van der Waals surface area contributed by atoms with Crippen LogP contribution in [0.4, 0.5) is 0 Å². The number of hydrogen-bond donors (Lipinski definition) is 2. The van der Waals surface area contributed by atoms with E-state index in [1.807, 2.05) is 11.8 Å². The second-order valence-corrected chi connectivity index (χ2v) is 5.65. The van der Waals surface area contributed by atoms with E-state index < -0.39 is 0 Å². The molecule has 1 amide bonds. The molecule has 4 nitrogen and oxygen atoms in total. The first kappa shape index (κ1) is 12.1. The Balaban J connectivity index is 2.22. The van der Waals surface area contributed by atoms with Gasteiger partial charge in [0.15, 0.2) is 11.5 Å². The van der Waals surface area contributed by atoms with Crippen LogP contribution in [-0.2, 0) is 0 Å². The number of thioether (sulfide) groups is 1. The van der Waals surface area contributed by atoms with Crippen LogP contribution in [0.1, 0.15) is 17.3 Å². The Morgan fingerprint density at radius 2 is 2.24 bits per heavy atom. The molecule has 0 radical (unpaired) electrons. The van der Waals surface area contributed by atoms with Crippen molar-refractivity contribution in [3.8, 4) is 11.5 Å². The summed E-state index contributed by atoms with van der Waals surface area (Å²) in [6.45, 7) is 3.44. The zero-order valence-electron chi connectivity index (χ0n) is 9.59. The van der Waals surface area contributed by atoms with E-state index in [0.29, 0.717) is 18.3 Å². The van der Waals surface area contributed by atoms with Gasteiger partial charge in [0.05, 0.1) is 5.56 Å². The number of benzene rings is 1. The smallest absolute Gasteiger partial charge is 0.257 e. The van der Waals surface area contributed by atoms with Crippen molar-refractivity contribution >= 4 is 17.7 Å².